The van der Waals surface area contributed by atoms with Crippen molar-refractivity contribution in [1.82, 2.24) is 10.2 Å². The first-order valence-electron chi connectivity index (χ1n) is 6.29. The number of aromatic amines is 1. The molecule has 3 rings (SSSR count). The van der Waals surface area contributed by atoms with E-state index in [1.165, 1.54) is 0 Å². The largest absolute Gasteiger partial charge is 0.494 e. The van der Waals surface area contributed by atoms with Crippen LogP contribution in [0.1, 0.15) is 27.7 Å². The molecule has 1 aromatic carbocycles. The van der Waals surface area contributed by atoms with Crippen molar-refractivity contribution >= 4 is 35.1 Å². The smallest absolute Gasteiger partial charge is 0.399 e. The number of nitrogens with one attached hydrogen (secondary N) is 1. The minimum absolute atomic E-state index is 0.335. The Morgan fingerprint density at radius 1 is 1.16 bits per heavy atom. The Morgan fingerprint density at radius 3 is 2.42 bits per heavy atom. The molecule has 19 heavy (non-hydrogen) atoms. The number of hydrogen-bond acceptors (Lipinski definition) is 3. The van der Waals surface area contributed by atoms with E-state index in [0.29, 0.717) is 5.15 Å². The minimum atomic E-state index is -0.364. The molecule has 1 aliphatic heterocycles. The van der Waals surface area contributed by atoms with Crippen molar-refractivity contribution in [1.29, 1.82) is 0 Å². The Hall–Kier alpha value is -1.04. The standard InChI is InChI=1S/C13H16BClN2O2/c1-12(2)13(3,4)19-14(18-12)8-5-6-9-10(7-8)16-17-11(9)15/h5-7H,1-4H3,(H,16,17). The lowest BCUT2D eigenvalue weighted by molar-refractivity contribution is 0.00578. The summed E-state index contributed by atoms with van der Waals surface area (Å²) < 4.78 is 12.0. The maximum Gasteiger partial charge on any atom is 0.494 e. The molecule has 0 spiro atoms. The molecule has 0 radical (unpaired) electrons. The van der Waals surface area contributed by atoms with Gasteiger partial charge in [0.2, 0.25) is 0 Å². The van der Waals surface area contributed by atoms with E-state index >= 15 is 0 Å². The van der Waals surface area contributed by atoms with Gasteiger partial charge in [0.25, 0.3) is 0 Å². The average Bonchev–Trinajstić information content (AvgIpc) is 2.78. The number of nitrogens with zero attached hydrogens (tertiary/aromatic N) is 1. The summed E-state index contributed by atoms with van der Waals surface area (Å²) >= 11 is 5.97. The molecule has 0 bridgehead atoms. The second-order valence-electron chi connectivity index (χ2n) is 5.91. The van der Waals surface area contributed by atoms with Gasteiger partial charge in [0.15, 0.2) is 5.15 Å². The van der Waals surface area contributed by atoms with Crippen LogP contribution in [0.4, 0.5) is 0 Å². The van der Waals surface area contributed by atoms with Gasteiger partial charge in [0.05, 0.1) is 16.7 Å². The van der Waals surface area contributed by atoms with Crippen LogP contribution >= 0.6 is 11.6 Å². The maximum atomic E-state index is 6.02. The molecule has 0 amide bonds. The predicted octanol–water partition coefficient (Wildman–Crippen LogP) is 2.52. The summed E-state index contributed by atoms with van der Waals surface area (Å²) in [6.07, 6.45) is 0. The van der Waals surface area contributed by atoms with Gasteiger partial charge in [-0.05, 0) is 45.3 Å². The van der Waals surface area contributed by atoms with E-state index in [1.807, 2.05) is 45.9 Å². The lowest BCUT2D eigenvalue weighted by atomic mass is 9.79. The molecule has 2 heterocycles. The summed E-state index contributed by atoms with van der Waals surface area (Å²) in [6, 6.07) is 5.86. The molecule has 0 saturated carbocycles. The maximum absolute atomic E-state index is 6.02. The van der Waals surface area contributed by atoms with Gasteiger partial charge in [-0.1, -0.05) is 17.7 Å². The fourth-order valence-electron chi connectivity index (χ4n) is 2.13. The Balaban J connectivity index is 1.98. The van der Waals surface area contributed by atoms with E-state index in [1.54, 1.807) is 0 Å². The van der Waals surface area contributed by atoms with Gasteiger partial charge in [-0.25, -0.2) is 0 Å². The van der Waals surface area contributed by atoms with Crippen LogP contribution in [0.25, 0.3) is 10.9 Å². The third kappa shape index (κ3) is 1.97. The van der Waals surface area contributed by atoms with Gasteiger partial charge in [-0.3, -0.25) is 5.10 Å². The van der Waals surface area contributed by atoms with E-state index in [4.69, 9.17) is 20.9 Å². The van der Waals surface area contributed by atoms with Crippen LogP contribution in [-0.2, 0) is 9.31 Å². The summed E-state index contributed by atoms with van der Waals surface area (Å²) in [5, 5.41) is 8.27. The third-order valence-corrected chi connectivity index (χ3v) is 4.35. The van der Waals surface area contributed by atoms with Crippen LogP contribution in [0.2, 0.25) is 5.15 Å². The third-order valence-electron chi connectivity index (χ3n) is 4.07. The first kappa shape index (κ1) is 13.0. The molecular weight excluding hydrogens is 262 g/mol. The fourth-order valence-corrected chi connectivity index (χ4v) is 2.34. The number of hydrogen-bond donors (Lipinski definition) is 1. The molecule has 4 nitrogen and oxygen atoms in total. The summed E-state index contributed by atoms with van der Waals surface area (Å²) in [4.78, 5) is 0. The van der Waals surface area contributed by atoms with E-state index in [0.717, 1.165) is 16.4 Å². The van der Waals surface area contributed by atoms with Crippen molar-refractivity contribution < 1.29 is 9.31 Å². The number of benzene rings is 1. The Kier molecular flexibility index (Phi) is 2.72. The first-order chi connectivity index (χ1) is 8.80. The number of H-pyrrole nitrogens is 1. The van der Waals surface area contributed by atoms with Gasteiger partial charge in [-0.15, -0.1) is 0 Å². The summed E-state index contributed by atoms with van der Waals surface area (Å²) in [5.74, 6) is 0. The summed E-state index contributed by atoms with van der Waals surface area (Å²) in [6.45, 7) is 8.16. The molecule has 1 N–H and O–H groups in total. The monoisotopic (exact) mass is 278 g/mol. The second-order valence-corrected chi connectivity index (χ2v) is 6.27. The molecular formula is C13H16BClN2O2. The van der Waals surface area contributed by atoms with Crippen molar-refractivity contribution in [3.8, 4) is 0 Å². The van der Waals surface area contributed by atoms with Gasteiger partial charge < -0.3 is 9.31 Å². The molecule has 6 heteroatoms. The zero-order valence-corrected chi connectivity index (χ0v) is 12.2. The normalized spacial score (nSPS) is 21.2. The van der Waals surface area contributed by atoms with Crippen LogP contribution < -0.4 is 5.46 Å². The van der Waals surface area contributed by atoms with Crippen LogP contribution in [0, 0.1) is 0 Å². The minimum Gasteiger partial charge on any atom is -0.399 e. The number of rotatable bonds is 1. The molecule has 2 aromatic rings. The van der Waals surface area contributed by atoms with Gasteiger partial charge in [-0.2, -0.15) is 5.10 Å². The Labute approximate surface area is 117 Å². The average molecular weight is 279 g/mol. The van der Waals surface area contributed by atoms with Crippen LogP contribution in [0.3, 0.4) is 0 Å². The Morgan fingerprint density at radius 2 is 1.79 bits per heavy atom. The number of fused-ring (bicyclic) bond motifs is 1. The highest BCUT2D eigenvalue weighted by Crippen LogP contribution is 2.36. The molecule has 0 aliphatic carbocycles. The van der Waals surface area contributed by atoms with Crippen molar-refractivity contribution in [2.45, 2.75) is 38.9 Å². The fraction of sp³-hybridized carbons (Fsp3) is 0.462. The van der Waals surface area contributed by atoms with Gasteiger partial charge >= 0.3 is 7.12 Å². The highest BCUT2D eigenvalue weighted by atomic mass is 35.5. The number of halogens is 1. The molecule has 100 valence electrons. The van der Waals surface area contributed by atoms with E-state index in [2.05, 4.69) is 10.2 Å². The Bertz CT molecular complexity index is 623. The zero-order valence-electron chi connectivity index (χ0n) is 11.5. The topological polar surface area (TPSA) is 47.1 Å². The quantitative estimate of drug-likeness (QED) is 0.815. The zero-order chi connectivity index (χ0) is 13.8. The molecule has 1 aliphatic rings. The molecule has 0 atom stereocenters. The van der Waals surface area contributed by atoms with E-state index < -0.39 is 0 Å². The first-order valence-corrected chi connectivity index (χ1v) is 6.67. The lowest BCUT2D eigenvalue weighted by Gasteiger charge is -2.32. The second kappa shape index (κ2) is 3.98. The predicted molar refractivity (Wildman–Crippen MR) is 76.8 cm³/mol. The molecule has 0 unspecified atom stereocenters. The van der Waals surface area contributed by atoms with E-state index in [9.17, 15) is 0 Å². The molecule has 1 aromatic heterocycles. The highest BCUT2D eigenvalue weighted by Gasteiger charge is 2.51. The highest BCUT2D eigenvalue weighted by molar-refractivity contribution is 6.62. The van der Waals surface area contributed by atoms with Crippen LogP contribution in [0.5, 0.6) is 0 Å². The van der Waals surface area contributed by atoms with Crippen LogP contribution in [-0.4, -0.2) is 28.5 Å². The van der Waals surface area contributed by atoms with E-state index in [-0.39, 0.29) is 18.3 Å². The van der Waals surface area contributed by atoms with Crippen molar-refractivity contribution in [2.75, 3.05) is 0 Å². The van der Waals surface area contributed by atoms with Crippen molar-refractivity contribution in [2.24, 2.45) is 0 Å². The summed E-state index contributed by atoms with van der Waals surface area (Å²) in [5.41, 5.74) is 1.18. The number of aromatic nitrogens is 2. The van der Waals surface area contributed by atoms with Crippen molar-refractivity contribution in [3.05, 3.63) is 23.4 Å². The van der Waals surface area contributed by atoms with Crippen LogP contribution in [0.15, 0.2) is 18.2 Å². The van der Waals surface area contributed by atoms with Crippen molar-refractivity contribution in [3.63, 3.8) is 0 Å². The van der Waals surface area contributed by atoms with Gasteiger partial charge in [0.1, 0.15) is 0 Å². The molecule has 1 saturated heterocycles. The molecule has 1 fully saturated rings. The lowest BCUT2D eigenvalue weighted by Crippen LogP contribution is -2.41. The van der Waals surface area contributed by atoms with Gasteiger partial charge in [0, 0.05) is 5.39 Å². The summed E-state index contributed by atoms with van der Waals surface area (Å²) in [7, 11) is -0.364. The SMILES string of the molecule is CC1(C)OB(c2ccc3c(Cl)n[nH]c3c2)OC1(C)C.